The Morgan fingerprint density at radius 1 is 1.18 bits per heavy atom. The molecule has 1 aliphatic carbocycles. The van der Waals surface area contributed by atoms with Crippen LogP contribution in [0.15, 0.2) is 24.3 Å². The van der Waals surface area contributed by atoms with Gasteiger partial charge in [-0.15, -0.1) is 12.4 Å². The van der Waals surface area contributed by atoms with Crippen LogP contribution in [-0.2, 0) is 10.8 Å². The molecule has 0 radical (unpaired) electrons. The van der Waals surface area contributed by atoms with E-state index in [4.69, 9.17) is 0 Å². The van der Waals surface area contributed by atoms with E-state index in [1.165, 1.54) is 25.1 Å². The van der Waals surface area contributed by atoms with Gasteiger partial charge in [0, 0.05) is 12.0 Å². The van der Waals surface area contributed by atoms with Gasteiger partial charge in [-0.3, -0.25) is 0 Å². The average molecular weight is 252 g/mol. The summed E-state index contributed by atoms with van der Waals surface area (Å²) < 4.78 is 0. The third-order valence-corrected chi connectivity index (χ3v) is 4.39. The standard InChI is InChI=1S/C15H21N.ClH/c1-14(2,3)11-4-6-12(7-5-11)15-8-13(15)9-16-10-15;/h4-7,13,16H,8-10H2,1-3H3;1H. The lowest BCUT2D eigenvalue weighted by atomic mass is 9.85. The van der Waals surface area contributed by atoms with Crippen LogP contribution in [-0.4, -0.2) is 13.1 Å². The molecule has 1 saturated carbocycles. The number of piperidine rings is 1. The normalized spacial score (nSPS) is 30.6. The second-order valence-electron chi connectivity index (χ2n) is 6.52. The first-order valence-electron chi connectivity index (χ1n) is 6.34. The van der Waals surface area contributed by atoms with Gasteiger partial charge >= 0.3 is 0 Å². The molecule has 1 aliphatic heterocycles. The van der Waals surface area contributed by atoms with Crippen molar-refractivity contribution in [1.82, 2.24) is 5.32 Å². The van der Waals surface area contributed by atoms with Gasteiger partial charge < -0.3 is 5.32 Å². The van der Waals surface area contributed by atoms with Crippen molar-refractivity contribution < 1.29 is 0 Å². The molecule has 2 fully saturated rings. The van der Waals surface area contributed by atoms with Crippen molar-refractivity contribution in [2.45, 2.75) is 38.0 Å². The predicted molar refractivity (Wildman–Crippen MR) is 75.0 cm³/mol. The second-order valence-corrected chi connectivity index (χ2v) is 6.52. The highest BCUT2D eigenvalue weighted by atomic mass is 35.5. The molecular formula is C15H22ClN. The minimum Gasteiger partial charge on any atom is -0.316 e. The van der Waals surface area contributed by atoms with Gasteiger partial charge in [0.25, 0.3) is 0 Å². The third-order valence-electron chi connectivity index (χ3n) is 4.39. The van der Waals surface area contributed by atoms with Gasteiger partial charge in [-0.2, -0.15) is 0 Å². The maximum atomic E-state index is 3.51. The molecule has 1 nitrogen and oxygen atoms in total. The number of hydrogen-bond acceptors (Lipinski definition) is 1. The third kappa shape index (κ3) is 2.00. The van der Waals surface area contributed by atoms with Gasteiger partial charge in [-0.05, 0) is 35.4 Å². The van der Waals surface area contributed by atoms with Crippen LogP contribution in [0.5, 0.6) is 0 Å². The van der Waals surface area contributed by atoms with Crippen LogP contribution in [0.3, 0.4) is 0 Å². The van der Waals surface area contributed by atoms with Crippen molar-refractivity contribution in [3.8, 4) is 0 Å². The molecule has 2 heteroatoms. The smallest absolute Gasteiger partial charge is 0.0122 e. The number of rotatable bonds is 1. The van der Waals surface area contributed by atoms with E-state index in [2.05, 4.69) is 50.4 Å². The Hall–Kier alpha value is -0.530. The van der Waals surface area contributed by atoms with Gasteiger partial charge in [0.1, 0.15) is 0 Å². The molecule has 17 heavy (non-hydrogen) atoms. The lowest BCUT2D eigenvalue weighted by molar-refractivity contribution is 0.588. The van der Waals surface area contributed by atoms with Crippen molar-refractivity contribution in [2.24, 2.45) is 5.92 Å². The maximum Gasteiger partial charge on any atom is 0.0122 e. The summed E-state index contributed by atoms with van der Waals surface area (Å²) in [6.07, 6.45) is 1.40. The van der Waals surface area contributed by atoms with E-state index < -0.39 is 0 Å². The van der Waals surface area contributed by atoms with Gasteiger partial charge in [-0.1, -0.05) is 45.0 Å². The molecule has 2 atom stereocenters. The van der Waals surface area contributed by atoms with E-state index in [9.17, 15) is 0 Å². The van der Waals surface area contributed by atoms with Crippen LogP contribution in [0.2, 0.25) is 0 Å². The summed E-state index contributed by atoms with van der Waals surface area (Å²) in [6.45, 7) is 9.24. The molecular weight excluding hydrogens is 230 g/mol. The lowest BCUT2D eigenvalue weighted by Crippen LogP contribution is -2.19. The Balaban J connectivity index is 0.00000108. The second kappa shape index (κ2) is 4.00. The Bertz CT molecular complexity index is 404. The number of nitrogens with one attached hydrogen (secondary N) is 1. The van der Waals surface area contributed by atoms with Crippen LogP contribution in [0.25, 0.3) is 0 Å². The molecule has 0 aromatic heterocycles. The Morgan fingerprint density at radius 3 is 2.24 bits per heavy atom. The first kappa shape index (κ1) is 12.9. The average Bonchev–Trinajstić information content (AvgIpc) is 2.81. The summed E-state index contributed by atoms with van der Waals surface area (Å²) in [4.78, 5) is 0. The van der Waals surface area contributed by atoms with Gasteiger partial charge in [0.05, 0.1) is 0 Å². The summed E-state index contributed by atoms with van der Waals surface area (Å²) in [5.41, 5.74) is 3.77. The first-order chi connectivity index (χ1) is 7.52. The molecule has 1 aromatic carbocycles. The van der Waals surface area contributed by atoms with E-state index >= 15 is 0 Å². The molecule has 3 rings (SSSR count). The SMILES string of the molecule is CC(C)(C)c1ccc(C23CNCC2C3)cc1.Cl. The summed E-state index contributed by atoms with van der Waals surface area (Å²) in [6, 6.07) is 9.34. The predicted octanol–water partition coefficient (Wildman–Crippen LogP) is 3.27. The molecule has 1 saturated heterocycles. The zero-order valence-electron chi connectivity index (χ0n) is 10.9. The highest BCUT2D eigenvalue weighted by Crippen LogP contribution is 2.56. The fourth-order valence-electron chi connectivity index (χ4n) is 3.09. The minimum atomic E-state index is 0. The highest BCUT2D eigenvalue weighted by molar-refractivity contribution is 5.85. The minimum absolute atomic E-state index is 0. The quantitative estimate of drug-likeness (QED) is 0.808. The summed E-state index contributed by atoms with van der Waals surface area (Å²) >= 11 is 0. The van der Waals surface area contributed by atoms with Gasteiger partial charge in [0.15, 0.2) is 0 Å². The zero-order chi connectivity index (χ0) is 11.4. The largest absolute Gasteiger partial charge is 0.316 e. The van der Waals surface area contributed by atoms with Crippen molar-refractivity contribution in [3.05, 3.63) is 35.4 Å². The van der Waals surface area contributed by atoms with Crippen molar-refractivity contribution in [1.29, 1.82) is 0 Å². The number of halogens is 1. The van der Waals surface area contributed by atoms with E-state index in [1.807, 2.05) is 0 Å². The van der Waals surface area contributed by atoms with Gasteiger partial charge in [-0.25, -0.2) is 0 Å². The van der Waals surface area contributed by atoms with Crippen LogP contribution in [0.1, 0.15) is 38.3 Å². The number of hydrogen-bond donors (Lipinski definition) is 1. The van der Waals surface area contributed by atoms with Crippen LogP contribution >= 0.6 is 12.4 Å². The van der Waals surface area contributed by atoms with E-state index in [1.54, 1.807) is 5.56 Å². The van der Waals surface area contributed by atoms with Crippen LogP contribution < -0.4 is 5.32 Å². The summed E-state index contributed by atoms with van der Waals surface area (Å²) in [5.74, 6) is 0.910. The summed E-state index contributed by atoms with van der Waals surface area (Å²) in [7, 11) is 0. The van der Waals surface area contributed by atoms with Crippen LogP contribution in [0.4, 0.5) is 0 Å². The Morgan fingerprint density at radius 2 is 1.82 bits per heavy atom. The van der Waals surface area contributed by atoms with E-state index in [-0.39, 0.29) is 17.8 Å². The molecule has 1 aromatic rings. The number of benzene rings is 1. The molecule has 94 valence electrons. The highest BCUT2D eigenvalue weighted by Gasteiger charge is 2.57. The fourth-order valence-corrected chi connectivity index (χ4v) is 3.09. The molecule has 1 heterocycles. The van der Waals surface area contributed by atoms with Gasteiger partial charge in [0.2, 0.25) is 0 Å². The van der Waals surface area contributed by atoms with Crippen molar-refractivity contribution in [2.75, 3.05) is 13.1 Å². The lowest BCUT2D eigenvalue weighted by Gasteiger charge is -2.20. The fraction of sp³-hybridized carbons (Fsp3) is 0.600. The van der Waals surface area contributed by atoms with E-state index in [0.717, 1.165) is 5.92 Å². The molecule has 2 aliphatic rings. The molecule has 2 unspecified atom stereocenters. The first-order valence-corrected chi connectivity index (χ1v) is 6.34. The topological polar surface area (TPSA) is 12.0 Å². The van der Waals surface area contributed by atoms with E-state index in [0.29, 0.717) is 5.41 Å². The molecule has 0 bridgehead atoms. The van der Waals surface area contributed by atoms with Crippen molar-refractivity contribution in [3.63, 3.8) is 0 Å². The molecule has 0 amide bonds. The maximum absolute atomic E-state index is 3.51. The number of fused-ring (bicyclic) bond motifs is 1. The molecule has 0 spiro atoms. The molecule has 1 N–H and O–H groups in total. The summed E-state index contributed by atoms with van der Waals surface area (Å²) in [5, 5.41) is 3.51. The monoisotopic (exact) mass is 251 g/mol. The Kier molecular flexibility index (Phi) is 3.04. The zero-order valence-corrected chi connectivity index (χ0v) is 11.7. The van der Waals surface area contributed by atoms with Crippen LogP contribution in [0, 0.1) is 5.92 Å². The van der Waals surface area contributed by atoms with Crippen molar-refractivity contribution >= 4 is 12.4 Å². The Labute approximate surface area is 110 Å².